The van der Waals surface area contributed by atoms with Gasteiger partial charge in [0.2, 0.25) is 0 Å². The number of ether oxygens (including phenoxy) is 2. The second-order valence-electron chi connectivity index (χ2n) is 4.08. The number of benzene rings is 1. The first kappa shape index (κ1) is 16.3. The van der Waals surface area contributed by atoms with Crippen LogP contribution >= 0.6 is 11.6 Å². The van der Waals surface area contributed by atoms with Gasteiger partial charge in [0.25, 0.3) is 10.0 Å². The van der Waals surface area contributed by atoms with Crippen molar-refractivity contribution in [1.82, 2.24) is 4.98 Å². The Morgan fingerprint density at radius 3 is 2.45 bits per heavy atom. The van der Waals surface area contributed by atoms with E-state index in [0.717, 1.165) is 12.1 Å². The van der Waals surface area contributed by atoms with Gasteiger partial charge in [-0.15, -0.1) is 0 Å². The van der Waals surface area contributed by atoms with E-state index < -0.39 is 20.7 Å². The molecule has 0 unspecified atom stereocenters. The first-order chi connectivity index (χ1) is 10.4. The Morgan fingerprint density at radius 1 is 1.23 bits per heavy atom. The largest absolute Gasteiger partial charge is 0.493 e. The number of nitrogens with zero attached hydrogens (tertiary/aromatic N) is 1. The molecule has 0 saturated carbocycles. The first-order valence-electron chi connectivity index (χ1n) is 5.94. The molecule has 1 heterocycles. The molecule has 2 rings (SSSR count). The van der Waals surface area contributed by atoms with Crippen molar-refractivity contribution in [2.75, 3.05) is 18.9 Å². The topological polar surface area (TPSA) is 77.5 Å². The number of methoxy groups -OCH3 is 2. The standard InChI is InChI=1S/C13H12ClFN2O4S/c1-20-10-6-9(15)12(7-11(10)21-2)22(18,19)17-13-8(14)4-3-5-16-13/h3-7H,1-2H3,(H,16,17). The van der Waals surface area contributed by atoms with Gasteiger partial charge < -0.3 is 9.47 Å². The van der Waals surface area contributed by atoms with E-state index in [2.05, 4.69) is 9.71 Å². The Balaban J connectivity index is 2.48. The molecule has 0 aliphatic carbocycles. The van der Waals surface area contributed by atoms with Gasteiger partial charge in [-0.2, -0.15) is 0 Å². The lowest BCUT2D eigenvalue weighted by molar-refractivity contribution is 0.350. The number of hydrogen-bond acceptors (Lipinski definition) is 5. The minimum Gasteiger partial charge on any atom is -0.493 e. The number of halogens is 2. The minimum atomic E-state index is -4.23. The van der Waals surface area contributed by atoms with Gasteiger partial charge in [0.1, 0.15) is 10.7 Å². The van der Waals surface area contributed by atoms with E-state index in [9.17, 15) is 12.8 Å². The number of hydrogen-bond donors (Lipinski definition) is 1. The van der Waals surface area contributed by atoms with Crippen molar-refractivity contribution in [2.45, 2.75) is 4.90 Å². The van der Waals surface area contributed by atoms with E-state index in [1.165, 1.54) is 32.5 Å². The molecule has 1 aromatic carbocycles. The second-order valence-corrected chi connectivity index (χ2v) is 6.13. The first-order valence-corrected chi connectivity index (χ1v) is 7.80. The molecule has 118 valence electrons. The van der Waals surface area contributed by atoms with E-state index >= 15 is 0 Å². The SMILES string of the molecule is COc1cc(F)c(S(=O)(=O)Nc2ncccc2Cl)cc1OC. The molecule has 0 fully saturated rings. The van der Waals surface area contributed by atoms with Gasteiger partial charge in [-0.1, -0.05) is 11.6 Å². The van der Waals surface area contributed by atoms with Gasteiger partial charge in [0, 0.05) is 18.3 Å². The maximum atomic E-state index is 14.0. The zero-order valence-electron chi connectivity index (χ0n) is 11.6. The number of anilines is 1. The smallest absolute Gasteiger partial charge is 0.266 e. The molecule has 2 aromatic rings. The Hall–Kier alpha value is -2.06. The number of nitrogens with one attached hydrogen (secondary N) is 1. The number of pyridine rings is 1. The molecule has 0 radical (unpaired) electrons. The zero-order valence-corrected chi connectivity index (χ0v) is 13.2. The highest BCUT2D eigenvalue weighted by atomic mass is 35.5. The van der Waals surface area contributed by atoms with Crippen LogP contribution in [-0.4, -0.2) is 27.6 Å². The van der Waals surface area contributed by atoms with Gasteiger partial charge in [-0.3, -0.25) is 4.72 Å². The molecule has 1 aromatic heterocycles. The van der Waals surface area contributed by atoms with Crippen LogP contribution in [0, 0.1) is 5.82 Å². The summed E-state index contributed by atoms with van der Waals surface area (Å²) in [4.78, 5) is 3.19. The van der Waals surface area contributed by atoms with E-state index in [-0.39, 0.29) is 22.3 Å². The predicted molar refractivity (Wildman–Crippen MR) is 79.6 cm³/mol. The maximum absolute atomic E-state index is 14.0. The van der Waals surface area contributed by atoms with Gasteiger partial charge >= 0.3 is 0 Å². The highest BCUT2D eigenvalue weighted by Gasteiger charge is 2.24. The third-order valence-corrected chi connectivity index (χ3v) is 4.38. The van der Waals surface area contributed by atoms with Crippen LogP contribution < -0.4 is 14.2 Å². The van der Waals surface area contributed by atoms with Crippen LogP contribution in [0.3, 0.4) is 0 Å². The van der Waals surface area contributed by atoms with Crippen LogP contribution in [0.25, 0.3) is 0 Å². The van der Waals surface area contributed by atoms with Crippen molar-refractivity contribution < 1.29 is 22.3 Å². The summed E-state index contributed by atoms with van der Waals surface area (Å²) in [6, 6.07) is 4.94. The van der Waals surface area contributed by atoms with Gasteiger partial charge in [-0.05, 0) is 12.1 Å². The number of aromatic nitrogens is 1. The Morgan fingerprint density at radius 2 is 1.86 bits per heavy atom. The average molecular weight is 347 g/mol. The molecule has 22 heavy (non-hydrogen) atoms. The van der Waals surface area contributed by atoms with Gasteiger partial charge in [-0.25, -0.2) is 17.8 Å². The lowest BCUT2D eigenvalue weighted by atomic mass is 10.3. The molecule has 1 N–H and O–H groups in total. The van der Waals surface area contributed by atoms with E-state index in [1.807, 2.05) is 0 Å². The molecule has 0 amide bonds. The van der Waals surface area contributed by atoms with Crippen molar-refractivity contribution >= 4 is 27.4 Å². The van der Waals surface area contributed by atoms with Crippen LogP contribution in [0.2, 0.25) is 5.02 Å². The molecule has 0 aliphatic rings. The van der Waals surface area contributed by atoms with Crippen molar-refractivity contribution in [3.05, 3.63) is 41.3 Å². The second kappa shape index (κ2) is 6.37. The van der Waals surface area contributed by atoms with Crippen molar-refractivity contribution in [1.29, 1.82) is 0 Å². The van der Waals surface area contributed by atoms with E-state index in [1.54, 1.807) is 0 Å². The third-order valence-electron chi connectivity index (χ3n) is 2.72. The van der Waals surface area contributed by atoms with Crippen LogP contribution in [-0.2, 0) is 10.0 Å². The number of sulfonamides is 1. The summed E-state index contributed by atoms with van der Waals surface area (Å²) in [5.74, 6) is -0.929. The van der Waals surface area contributed by atoms with E-state index in [4.69, 9.17) is 21.1 Å². The average Bonchev–Trinajstić information content (AvgIpc) is 2.48. The third kappa shape index (κ3) is 3.23. The fourth-order valence-corrected chi connectivity index (χ4v) is 3.01. The fraction of sp³-hybridized carbons (Fsp3) is 0.154. The maximum Gasteiger partial charge on any atom is 0.266 e. The molecule has 0 spiro atoms. The molecular formula is C13H12ClFN2O4S. The highest BCUT2D eigenvalue weighted by Crippen LogP contribution is 2.33. The zero-order chi connectivity index (χ0) is 16.3. The van der Waals surface area contributed by atoms with Crippen LogP contribution in [0.5, 0.6) is 11.5 Å². The Bertz CT molecular complexity index is 799. The molecule has 0 saturated heterocycles. The molecule has 6 nitrogen and oxygen atoms in total. The van der Waals surface area contributed by atoms with Crippen LogP contribution in [0.15, 0.2) is 35.4 Å². The molecule has 0 atom stereocenters. The summed E-state index contributed by atoms with van der Waals surface area (Å²) in [5.41, 5.74) is 0. The highest BCUT2D eigenvalue weighted by molar-refractivity contribution is 7.92. The summed E-state index contributed by atoms with van der Waals surface area (Å²) < 4.78 is 50.6. The van der Waals surface area contributed by atoms with Gasteiger partial charge in [0.05, 0.1) is 19.2 Å². The molecule has 0 aliphatic heterocycles. The minimum absolute atomic E-state index is 0.0785. The Labute approximate surface area is 131 Å². The summed E-state index contributed by atoms with van der Waals surface area (Å²) in [6.07, 6.45) is 1.36. The lowest BCUT2D eigenvalue weighted by Crippen LogP contribution is -2.16. The summed E-state index contributed by atoms with van der Waals surface area (Å²) in [5, 5.41) is 0.0898. The predicted octanol–water partition coefficient (Wildman–Crippen LogP) is 2.69. The van der Waals surface area contributed by atoms with Crippen molar-refractivity contribution in [2.24, 2.45) is 0 Å². The quantitative estimate of drug-likeness (QED) is 0.900. The van der Waals surface area contributed by atoms with Gasteiger partial charge in [0.15, 0.2) is 17.3 Å². The van der Waals surface area contributed by atoms with Crippen molar-refractivity contribution in [3.63, 3.8) is 0 Å². The molecular weight excluding hydrogens is 335 g/mol. The van der Waals surface area contributed by atoms with Crippen LogP contribution in [0.4, 0.5) is 10.2 Å². The molecule has 9 heteroatoms. The summed E-state index contributed by atoms with van der Waals surface area (Å²) in [6.45, 7) is 0. The van der Waals surface area contributed by atoms with E-state index in [0.29, 0.717) is 0 Å². The van der Waals surface area contributed by atoms with Crippen molar-refractivity contribution in [3.8, 4) is 11.5 Å². The fourth-order valence-electron chi connectivity index (χ4n) is 1.68. The number of rotatable bonds is 5. The molecule has 0 bridgehead atoms. The monoisotopic (exact) mass is 346 g/mol. The lowest BCUT2D eigenvalue weighted by Gasteiger charge is -2.12. The van der Waals surface area contributed by atoms with Crippen LogP contribution in [0.1, 0.15) is 0 Å². The normalized spacial score (nSPS) is 11.1. The summed E-state index contributed by atoms with van der Waals surface area (Å²) >= 11 is 5.84. The Kier molecular flexibility index (Phi) is 4.72. The summed E-state index contributed by atoms with van der Waals surface area (Å²) in [7, 11) is -1.60.